The van der Waals surface area contributed by atoms with E-state index < -0.39 is 15.9 Å². The summed E-state index contributed by atoms with van der Waals surface area (Å²) in [5.74, 6) is -0.250. The van der Waals surface area contributed by atoms with Gasteiger partial charge in [-0.1, -0.05) is 18.9 Å². The smallest absolute Gasteiger partial charge is 0.322 e. The lowest BCUT2D eigenvalue weighted by Gasteiger charge is -2.21. The Morgan fingerprint density at radius 3 is 2.34 bits per heavy atom. The molecule has 0 fully saturated rings. The average molecular weight is 461 g/mol. The van der Waals surface area contributed by atoms with E-state index in [2.05, 4.69) is 20.6 Å². The van der Waals surface area contributed by atoms with Crippen molar-refractivity contribution in [1.29, 1.82) is 0 Å². The van der Waals surface area contributed by atoms with E-state index in [0.29, 0.717) is 18.8 Å². The van der Waals surface area contributed by atoms with Crippen LogP contribution in [-0.4, -0.2) is 51.7 Å². The maximum atomic E-state index is 12.9. The number of hydrogen-bond donors (Lipinski definition) is 1. The first-order chi connectivity index (χ1) is 15.3. The van der Waals surface area contributed by atoms with Gasteiger partial charge in [-0.3, -0.25) is 14.8 Å². The highest BCUT2D eigenvalue weighted by molar-refractivity contribution is 7.89. The van der Waals surface area contributed by atoms with Crippen molar-refractivity contribution in [1.82, 2.24) is 24.3 Å². The number of amides is 1. The highest BCUT2D eigenvalue weighted by atomic mass is 32.2. The number of carbonyl (C=O) groups excluding carboxylic acids is 1. The van der Waals surface area contributed by atoms with Crippen LogP contribution in [0.4, 0.5) is 6.01 Å². The second kappa shape index (κ2) is 10.0. The third-order valence-corrected chi connectivity index (χ3v) is 6.64. The predicted octanol–water partition coefficient (Wildman–Crippen LogP) is 3.58. The summed E-state index contributed by atoms with van der Waals surface area (Å²) >= 11 is 0. The Labute approximate surface area is 187 Å². The number of benzene rings is 1. The van der Waals surface area contributed by atoms with Gasteiger partial charge in [0.15, 0.2) is 0 Å². The molecule has 1 aromatic carbocycles. The van der Waals surface area contributed by atoms with Crippen molar-refractivity contribution in [3.8, 4) is 11.6 Å². The van der Waals surface area contributed by atoms with E-state index in [1.54, 1.807) is 16.9 Å². The molecular formula is C21H28N6O4S. The topological polar surface area (TPSA) is 123 Å². The standard InChI is InChI=1S/C21H28N6O4S/c1-5-13-26(14-6-2)32(29,30)17-9-7-16(8-10-17)19(28)23-21-25-24-20(31-21)18-11-12-22-27(18)15(3)4/h7-12,15H,5-6,13-14H2,1-4H3,(H,23,25,28). The number of nitrogens with zero attached hydrogens (tertiary/aromatic N) is 5. The van der Waals surface area contributed by atoms with Gasteiger partial charge in [0.1, 0.15) is 5.69 Å². The lowest BCUT2D eigenvalue weighted by molar-refractivity contribution is 0.102. The van der Waals surface area contributed by atoms with Crippen LogP contribution in [0.1, 0.15) is 56.9 Å². The fourth-order valence-corrected chi connectivity index (χ4v) is 4.84. The molecule has 0 aliphatic carbocycles. The molecule has 172 valence electrons. The molecule has 10 nitrogen and oxygen atoms in total. The van der Waals surface area contributed by atoms with Gasteiger partial charge in [0, 0.05) is 30.9 Å². The van der Waals surface area contributed by atoms with Gasteiger partial charge in [-0.25, -0.2) is 8.42 Å². The Morgan fingerprint density at radius 1 is 1.09 bits per heavy atom. The lowest BCUT2D eigenvalue weighted by atomic mass is 10.2. The molecule has 32 heavy (non-hydrogen) atoms. The van der Waals surface area contributed by atoms with Gasteiger partial charge < -0.3 is 4.42 Å². The maximum Gasteiger partial charge on any atom is 0.322 e. The van der Waals surface area contributed by atoms with Crippen molar-refractivity contribution >= 4 is 21.9 Å². The minimum atomic E-state index is -3.61. The monoisotopic (exact) mass is 460 g/mol. The van der Waals surface area contributed by atoms with Crippen LogP contribution in [0.15, 0.2) is 45.8 Å². The Kier molecular flexibility index (Phi) is 7.41. The average Bonchev–Trinajstić information content (AvgIpc) is 3.43. The molecule has 0 bridgehead atoms. The van der Waals surface area contributed by atoms with Crippen molar-refractivity contribution < 1.29 is 17.6 Å². The normalized spacial score (nSPS) is 11.9. The van der Waals surface area contributed by atoms with E-state index in [9.17, 15) is 13.2 Å². The molecule has 3 rings (SSSR count). The summed E-state index contributed by atoms with van der Waals surface area (Å²) in [6.45, 7) is 8.73. The van der Waals surface area contributed by atoms with E-state index in [1.807, 2.05) is 27.7 Å². The summed E-state index contributed by atoms with van der Waals surface area (Å²) in [4.78, 5) is 12.7. The molecule has 1 amide bonds. The van der Waals surface area contributed by atoms with Crippen LogP contribution < -0.4 is 5.32 Å². The zero-order chi connectivity index (χ0) is 23.3. The fraction of sp³-hybridized carbons (Fsp3) is 0.429. The first-order valence-electron chi connectivity index (χ1n) is 10.6. The fourth-order valence-electron chi connectivity index (χ4n) is 3.22. The van der Waals surface area contributed by atoms with E-state index in [-0.39, 0.29) is 28.4 Å². The minimum absolute atomic E-state index is 0.0599. The summed E-state index contributed by atoms with van der Waals surface area (Å²) in [7, 11) is -3.61. The number of anilines is 1. The van der Waals surface area contributed by atoms with Crippen molar-refractivity contribution in [2.24, 2.45) is 0 Å². The van der Waals surface area contributed by atoms with Gasteiger partial charge in [0.05, 0.1) is 4.90 Å². The molecule has 0 radical (unpaired) electrons. The van der Waals surface area contributed by atoms with Gasteiger partial charge in [0.25, 0.3) is 11.8 Å². The van der Waals surface area contributed by atoms with Crippen LogP contribution in [0.2, 0.25) is 0 Å². The second-order valence-electron chi connectivity index (χ2n) is 7.55. The highest BCUT2D eigenvalue weighted by Crippen LogP contribution is 2.23. The molecule has 0 aliphatic rings. The zero-order valence-electron chi connectivity index (χ0n) is 18.6. The zero-order valence-corrected chi connectivity index (χ0v) is 19.5. The van der Waals surface area contributed by atoms with E-state index >= 15 is 0 Å². The lowest BCUT2D eigenvalue weighted by Crippen LogP contribution is -2.32. The molecule has 2 aromatic heterocycles. The Morgan fingerprint density at radius 2 is 1.75 bits per heavy atom. The summed E-state index contributed by atoms with van der Waals surface area (Å²) in [5.41, 5.74) is 0.916. The van der Waals surface area contributed by atoms with Gasteiger partial charge in [-0.2, -0.15) is 9.40 Å². The largest absolute Gasteiger partial charge is 0.401 e. The first kappa shape index (κ1) is 23.6. The molecule has 0 saturated heterocycles. The Balaban J connectivity index is 1.73. The van der Waals surface area contributed by atoms with Crippen LogP contribution in [-0.2, 0) is 10.0 Å². The third kappa shape index (κ3) is 5.05. The number of aromatic nitrogens is 4. The van der Waals surface area contributed by atoms with Crippen molar-refractivity contribution in [2.75, 3.05) is 18.4 Å². The summed E-state index contributed by atoms with van der Waals surface area (Å²) in [6, 6.07) is 7.58. The summed E-state index contributed by atoms with van der Waals surface area (Å²) < 4.78 is 34.5. The Hall–Kier alpha value is -3.05. The van der Waals surface area contributed by atoms with Crippen LogP contribution in [0.5, 0.6) is 0 Å². The van der Waals surface area contributed by atoms with Crippen LogP contribution >= 0.6 is 0 Å². The van der Waals surface area contributed by atoms with Gasteiger partial charge >= 0.3 is 6.01 Å². The SMILES string of the molecule is CCCN(CCC)S(=O)(=O)c1ccc(C(=O)Nc2nnc(-c3ccnn3C(C)C)o2)cc1. The second-order valence-corrected chi connectivity index (χ2v) is 9.49. The third-order valence-electron chi connectivity index (χ3n) is 4.72. The van der Waals surface area contributed by atoms with Crippen LogP contribution in [0, 0.1) is 0 Å². The molecule has 0 saturated carbocycles. The molecule has 0 atom stereocenters. The van der Waals surface area contributed by atoms with Crippen LogP contribution in [0.3, 0.4) is 0 Å². The van der Waals surface area contributed by atoms with Crippen molar-refractivity contribution in [3.05, 3.63) is 42.1 Å². The molecular weight excluding hydrogens is 432 g/mol. The quantitative estimate of drug-likeness (QED) is 0.490. The van der Waals surface area contributed by atoms with E-state index in [0.717, 1.165) is 12.8 Å². The van der Waals surface area contributed by atoms with Crippen LogP contribution in [0.25, 0.3) is 11.6 Å². The summed E-state index contributed by atoms with van der Waals surface area (Å²) in [6.07, 6.45) is 3.09. The van der Waals surface area contributed by atoms with E-state index in [1.165, 1.54) is 28.6 Å². The number of nitrogens with one attached hydrogen (secondary N) is 1. The molecule has 11 heteroatoms. The van der Waals surface area contributed by atoms with E-state index in [4.69, 9.17) is 4.42 Å². The number of carbonyl (C=O) groups is 1. The number of sulfonamides is 1. The number of hydrogen-bond acceptors (Lipinski definition) is 7. The maximum absolute atomic E-state index is 12.9. The molecule has 1 N–H and O–H groups in total. The molecule has 0 unspecified atom stereocenters. The predicted molar refractivity (Wildman–Crippen MR) is 120 cm³/mol. The highest BCUT2D eigenvalue weighted by Gasteiger charge is 2.23. The van der Waals surface area contributed by atoms with Gasteiger partial charge in [-0.15, -0.1) is 5.10 Å². The molecule has 3 aromatic rings. The van der Waals surface area contributed by atoms with Gasteiger partial charge in [-0.05, 0) is 57.0 Å². The molecule has 0 aliphatic heterocycles. The molecule has 0 spiro atoms. The number of rotatable bonds is 10. The van der Waals surface area contributed by atoms with Crippen molar-refractivity contribution in [3.63, 3.8) is 0 Å². The van der Waals surface area contributed by atoms with Crippen molar-refractivity contribution in [2.45, 2.75) is 51.5 Å². The first-order valence-corrected chi connectivity index (χ1v) is 12.0. The molecule has 2 heterocycles. The van der Waals surface area contributed by atoms with Gasteiger partial charge in [0.2, 0.25) is 10.0 Å². The minimum Gasteiger partial charge on any atom is -0.401 e. The Bertz CT molecular complexity index is 1150. The summed E-state index contributed by atoms with van der Waals surface area (Å²) in [5, 5.41) is 14.6.